The van der Waals surface area contributed by atoms with E-state index in [2.05, 4.69) is 4.98 Å². The van der Waals surface area contributed by atoms with E-state index in [4.69, 9.17) is 4.74 Å². The maximum atomic E-state index is 10.8. The molecule has 1 aromatic rings. The van der Waals surface area contributed by atoms with Gasteiger partial charge in [-0.2, -0.15) is 0 Å². The summed E-state index contributed by atoms with van der Waals surface area (Å²) >= 11 is 1.66. The molecule has 0 saturated carbocycles. The average molecular weight is 197 g/mol. The molecule has 3 nitrogen and oxygen atoms in total. The van der Waals surface area contributed by atoms with Crippen LogP contribution >= 0.6 is 11.3 Å². The second-order valence-electron chi connectivity index (χ2n) is 3.12. The maximum absolute atomic E-state index is 10.8. The van der Waals surface area contributed by atoms with Crippen LogP contribution in [0.1, 0.15) is 24.3 Å². The minimum absolute atomic E-state index is 0.0517. The molecular weight excluding hydrogens is 186 g/mol. The van der Waals surface area contributed by atoms with Crippen LogP contribution in [-0.2, 0) is 16.0 Å². The lowest BCUT2D eigenvalue weighted by molar-refractivity contribution is -0.141. The van der Waals surface area contributed by atoms with Gasteiger partial charge in [-0.15, -0.1) is 11.3 Å². The first kappa shape index (κ1) is 8.69. The van der Waals surface area contributed by atoms with Crippen molar-refractivity contribution in [2.75, 3.05) is 0 Å². The molecular formula is C9H11NO2S. The molecule has 1 aromatic heterocycles. The van der Waals surface area contributed by atoms with Crippen molar-refractivity contribution in [1.82, 2.24) is 4.98 Å². The van der Waals surface area contributed by atoms with E-state index < -0.39 is 0 Å². The predicted molar refractivity (Wildman–Crippen MR) is 49.5 cm³/mol. The zero-order valence-corrected chi connectivity index (χ0v) is 8.05. The van der Waals surface area contributed by atoms with Crippen molar-refractivity contribution in [1.29, 1.82) is 0 Å². The van der Waals surface area contributed by atoms with Gasteiger partial charge in [-0.3, -0.25) is 4.79 Å². The van der Waals surface area contributed by atoms with E-state index in [1.807, 2.05) is 5.38 Å². The summed E-state index contributed by atoms with van der Waals surface area (Å²) < 4.78 is 5.10. The topological polar surface area (TPSA) is 39.2 Å². The Hall–Kier alpha value is -0.900. The number of cyclic esters (lactones) is 1. The number of nitrogens with zero attached hydrogens (tertiary/aromatic N) is 1. The fourth-order valence-electron chi connectivity index (χ4n) is 1.45. The Labute approximate surface area is 80.8 Å². The van der Waals surface area contributed by atoms with Crippen molar-refractivity contribution in [2.45, 2.75) is 31.8 Å². The summed E-state index contributed by atoms with van der Waals surface area (Å²) in [6, 6.07) is 0. The molecule has 2 rings (SSSR count). The minimum atomic E-state index is -0.0517. The molecule has 0 aliphatic carbocycles. The monoisotopic (exact) mass is 197 g/mol. The van der Waals surface area contributed by atoms with Crippen LogP contribution in [0, 0.1) is 0 Å². The Bertz CT molecular complexity index is 284. The summed E-state index contributed by atoms with van der Waals surface area (Å²) in [5.41, 5.74) is 0. The minimum Gasteiger partial charge on any atom is -0.462 e. The van der Waals surface area contributed by atoms with Crippen LogP contribution in [0.15, 0.2) is 11.6 Å². The molecule has 1 atom stereocenters. The smallest absolute Gasteiger partial charge is 0.306 e. The van der Waals surface area contributed by atoms with E-state index in [-0.39, 0.29) is 12.1 Å². The molecule has 1 saturated heterocycles. The number of carbonyl (C=O) groups excluding carboxylic acids is 1. The van der Waals surface area contributed by atoms with Gasteiger partial charge in [0.05, 0.1) is 5.01 Å². The average Bonchev–Trinajstić information content (AvgIpc) is 2.71. The fourth-order valence-corrected chi connectivity index (χ4v) is 2.08. The molecule has 0 radical (unpaired) electrons. The molecule has 0 N–H and O–H groups in total. The number of thiazole rings is 1. The Balaban J connectivity index is 1.77. The normalized spacial score (nSPS) is 21.8. The van der Waals surface area contributed by atoms with Crippen molar-refractivity contribution in [3.63, 3.8) is 0 Å². The van der Waals surface area contributed by atoms with E-state index in [0.717, 1.165) is 24.3 Å². The van der Waals surface area contributed by atoms with Crippen molar-refractivity contribution < 1.29 is 9.53 Å². The number of hydrogen-bond donors (Lipinski definition) is 0. The number of hydrogen-bond acceptors (Lipinski definition) is 4. The summed E-state index contributed by atoms with van der Waals surface area (Å²) in [5.74, 6) is -0.0517. The number of rotatable bonds is 3. The largest absolute Gasteiger partial charge is 0.462 e. The molecule has 0 amide bonds. The zero-order chi connectivity index (χ0) is 9.10. The van der Waals surface area contributed by atoms with Crippen molar-refractivity contribution in [3.8, 4) is 0 Å². The number of aryl methyl sites for hydroxylation is 1. The van der Waals surface area contributed by atoms with Crippen LogP contribution in [0.5, 0.6) is 0 Å². The van der Waals surface area contributed by atoms with E-state index in [9.17, 15) is 4.79 Å². The standard InChI is InChI=1S/C9H11NO2S/c11-9-4-2-7(12-9)1-3-8-10-5-6-13-8/h5-7H,1-4H2/t7-/m0/s1. The number of aromatic nitrogens is 1. The third-order valence-electron chi connectivity index (χ3n) is 2.13. The van der Waals surface area contributed by atoms with Gasteiger partial charge in [0, 0.05) is 24.4 Å². The van der Waals surface area contributed by atoms with Crippen molar-refractivity contribution in [2.24, 2.45) is 0 Å². The molecule has 70 valence electrons. The second-order valence-corrected chi connectivity index (χ2v) is 4.09. The van der Waals surface area contributed by atoms with E-state index >= 15 is 0 Å². The lowest BCUT2D eigenvalue weighted by Gasteiger charge is -2.06. The molecule has 1 aliphatic heterocycles. The Morgan fingerprint density at radius 1 is 1.69 bits per heavy atom. The van der Waals surface area contributed by atoms with Crippen LogP contribution in [0.4, 0.5) is 0 Å². The van der Waals surface area contributed by atoms with Gasteiger partial charge in [0.15, 0.2) is 0 Å². The molecule has 1 fully saturated rings. The van der Waals surface area contributed by atoms with Gasteiger partial charge in [-0.1, -0.05) is 0 Å². The van der Waals surface area contributed by atoms with Crippen LogP contribution in [0.3, 0.4) is 0 Å². The van der Waals surface area contributed by atoms with Gasteiger partial charge in [-0.25, -0.2) is 4.98 Å². The summed E-state index contributed by atoms with van der Waals surface area (Å²) in [6.07, 6.45) is 5.25. The molecule has 0 spiro atoms. The third kappa shape index (κ3) is 2.28. The number of esters is 1. The number of ether oxygens (including phenoxy) is 1. The quantitative estimate of drug-likeness (QED) is 0.693. The molecule has 1 aliphatic rings. The Morgan fingerprint density at radius 3 is 3.23 bits per heavy atom. The summed E-state index contributed by atoms with van der Waals surface area (Å²) in [7, 11) is 0. The maximum Gasteiger partial charge on any atom is 0.306 e. The molecule has 0 bridgehead atoms. The van der Waals surface area contributed by atoms with Crippen LogP contribution in [0.2, 0.25) is 0 Å². The first-order valence-corrected chi connectivity index (χ1v) is 5.30. The first-order valence-electron chi connectivity index (χ1n) is 4.42. The van der Waals surface area contributed by atoms with Crippen LogP contribution in [0.25, 0.3) is 0 Å². The Kier molecular flexibility index (Phi) is 2.59. The lowest BCUT2D eigenvalue weighted by atomic mass is 10.1. The highest BCUT2D eigenvalue weighted by Crippen LogP contribution is 2.19. The van der Waals surface area contributed by atoms with Gasteiger partial charge in [0.1, 0.15) is 6.10 Å². The second kappa shape index (κ2) is 3.87. The Morgan fingerprint density at radius 2 is 2.62 bits per heavy atom. The highest BCUT2D eigenvalue weighted by atomic mass is 32.1. The van der Waals surface area contributed by atoms with Gasteiger partial charge in [0.2, 0.25) is 0 Å². The molecule has 4 heteroatoms. The van der Waals surface area contributed by atoms with Crippen molar-refractivity contribution in [3.05, 3.63) is 16.6 Å². The molecule has 0 unspecified atom stereocenters. The van der Waals surface area contributed by atoms with E-state index in [0.29, 0.717) is 6.42 Å². The molecule has 0 aromatic carbocycles. The van der Waals surface area contributed by atoms with Gasteiger partial charge < -0.3 is 4.74 Å². The fraction of sp³-hybridized carbons (Fsp3) is 0.556. The summed E-state index contributed by atoms with van der Waals surface area (Å²) in [5, 5.41) is 3.10. The van der Waals surface area contributed by atoms with E-state index in [1.54, 1.807) is 17.5 Å². The highest BCUT2D eigenvalue weighted by molar-refractivity contribution is 7.09. The van der Waals surface area contributed by atoms with Crippen LogP contribution < -0.4 is 0 Å². The molecule has 13 heavy (non-hydrogen) atoms. The first-order chi connectivity index (χ1) is 6.34. The third-order valence-corrected chi connectivity index (χ3v) is 2.97. The predicted octanol–water partition coefficient (Wildman–Crippen LogP) is 1.78. The summed E-state index contributed by atoms with van der Waals surface area (Å²) in [6.45, 7) is 0. The van der Waals surface area contributed by atoms with Crippen LogP contribution in [-0.4, -0.2) is 17.1 Å². The SMILES string of the molecule is O=C1CC[C@H](CCc2nccs2)O1. The lowest BCUT2D eigenvalue weighted by Crippen LogP contribution is -2.07. The van der Waals surface area contributed by atoms with E-state index in [1.165, 1.54) is 0 Å². The summed E-state index contributed by atoms with van der Waals surface area (Å²) in [4.78, 5) is 15.0. The number of carbonyl (C=O) groups is 1. The van der Waals surface area contributed by atoms with Gasteiger partial charge in [-0.05, 0) is 12.8 Å². The highest BCUT2D eigenvalue weighted by Gasteiger charge is 2.22. The molecule has 2 heterocycles. The van der Waals surface area contributed by atoms with Gasteiger partial charge in [0.25, 0.3) is 0 Å². The van der Waals surface area contributed by atoms with Crippen molar-refractivity contribution >= 4 is 17.3 Å². The zero-order valence-electron chi connectivity index (χ0n) is 7.23. The van der Waals surface area contributed by atoms with Gasteiger partial charge >= 0.3 is 5.97 Å².